The van der Waals surface area contributed by atoms with Gasteiger partial charge in [-0.15, -0.1) is 0 Å². The number of aldehydes is 1. The highest BCUT2D eigenvalue weighted by molar-refractivity contribution is 6.32. The van der Waals surface area contributed by atoms with Gasteiger partial charge in [0.25, 0.3) is 0 Å². The number of esters is 1. The molecule has 0 aromatic heterocycles. The van der Waals surface area contributed by atoms with Crippen LogP contribution in [-0.2, 0) is 25.5 Å². The summed E-state index contributed by atoms with van der Waals surface area (Å²) in [4.78, 5) is 34.6. The second-order valence-electron chi connectivity index (χ2n) is 18.8. The minimum atomic E-state index is -0.896. The minimum Gasteiger partial charge on any atom is -0.509 e. The fraction of sp³-hybridized carbons (Fsp3) is 0.632. The molecule has 4 unspecified atom stereocenters. The Hall–Kier alpha value is -3.88. The van der Waals surface area contributed by atoms with E-state index < -0.39 is 17.5 Å². The molecule has 0 saturated heterocycles. The van der Waals surface area contributed by atoms with E-state index in [9.17, 15) is 19.5 Å². The third kappa shape index (κ3) is 34.4. The van der Waals surface area contributed by atoms with Crippen LogP contribution in [0.1, 0.15) is 167 Å². The first-order chi connectivity index (χ1) is 30.8. The number of rotatable bonds is 21. The molecule has 3 N–H and O–H groups in total. The third-order valence-electron chi connectivity index (χ3n) is 10.2. The van der Waals surface area contributed by atoms with Crippen molar-refractivity contribution in [1.82, 2.24) is 10.6 Å². The van der Waals surface area contributed by atoms with Crippen molar-refractivity contribution in [2.45, 2.75) is 176 Å². The second-order valence-corrected chi connectivity index (χ2v) is 19.2. The van der Waals surface area contributed by atoms with Crippen molar-refractivity contribution in [2.75, 3.05) is 20.7 Å². The van der Waals surface area contributed by atoms with Gasteiger partial charge < -0.3 is 25.2 Å². The van der Waals surface area contributed by atoms with Crippen molar-refractivity contribution in [3.05, 3.63) is 94.2 Å². The Morgan fingerprint density at radius 2 is 1.39 bits per heavy atom. The van der Waals surface area contributed by atoms with Gasteiger partial charge in [-0.3, -0.25) is 14.4 Å². The molecule has 0 spiro atoms. The van der Waals surface area contributed by atoms with E-state index in [1.54, 1.807) is 34.1 Å². The smallest absolute Gasteiger partial charge is 0.314 e. The molecule has 0 saturated carbocycles. The van der Waals surface area contributed by atoms with Crippen LogP contribution in [0.5, 0.6) is 5.75 Å². The SMILES string of the molecule is C/C(=C\c1ccc(CC(C)C)cc1)C(C)C(C)C/C=C/C=O.C=C(O)C(CC(C)C)OC(=O)C(C)(C)CNC(=O)C(CC)NC.CC.CC.CC(C)CC(C)C.COc1ccc(C)cc1Cl. The first-order valence-corrected chi connectivity index (χ1v) is 24.9. The van der Waals surface area contributed by atoms with Crippen LogP contribution in [0, 0.1) is 47.8 Å². The zero-order valence-corrected chi connectivity index (χ0v) is 46.5. The van der Waals surface area contributed by atoms with Crippen molar-refractivity contribution < 1.29 is 29.0 Å². The van der Waals surface area contributed by atoms with Crippen LogP contribution in [0.25, 0.3) is 6.08 Å². The Morgan fingerprint density at radius 3 is 1.79 bits per heavy atom. The molecule has 1 amide bonds. The number of ether oxygens (including phenoxy) is 2. The van der Waals surface area contributed by atoms with Crippen molar-refractivity contribution >= 4 is 35.8 Å². The van der Waals surface area contributed by atoms with E-state index in [4.69, 9.17) is 21.1 Å². The van der Waals surface area contributed by atoms with Crippen molar-refractivity contribution in [3.8, 4) is 5.75 Å². The zero-order chi connectivity index (χ0) is 52.2. The summed E-state index contributed by atoms with van der Waals surface area (Å²) in [5, 5.41) is 15.9. The maximum atomic E-state index is 12.3. The molecule has 2 aromatic carbocycles. The van der Waals surface area contributed by atoms with E-state index in [-0.39, 0.29) is 30.2 Å². The summed E-state index contributed by atoms with van der Waals surface area (Å²) < 4.78 is 10.3. The number of carbonyl (C=O) groups is 3. The lowest BCUT2D eigenvalue weighted by Gasteiger charge is -2.27. The van der Waals surface area contributed by atoms with E-state index in [1.807, 2.05) is 79.7 Å². The first-order valence-electron chi connectivity index (χ1n) is 24.6. The fourth-order valence-electron chi connectivity index (χ4n) is 6.32. The topological polar surface area (TPSA) is 114 Å². The summed E-state index contributed by atoms with van der Waals surface area (Å²) in [7, 11) is 3.33. The van der Waals surface area contributed by atoms with Gasteiger partial charge in [0, 0.05) is 6.54 Å². The third-order valence-corrected chi connectivity index (χ3v) is 10.5. The number of aliphatic hydroxyl groups is 1. The molecule has 0 aliphatic carbocycles. The highest BCUT2D eigenvalue weighted by Gasteiger charge is 2.33. The number of nitrogens with one attached hydrogen (secondary N) is 2. The number of amides is 1. The molecule has 0 bridgehead atoms. The van der Waals surface area contributed by atoms with Crippen molar-refractivity contribution in [1.29, 1.82) is 0 Å². The highest BCUT2D eigenvalue weighted by atomic mass is 35.5. The van der Waals surface area contributed by atoms with E-state index >= 15 is 0 Å². The van der Waals surface area contributed by atoms with Crippen LogP contribution >= 0.6 is 11.6 Å². The zero-order valence-electron chi connectivity index (χ0n) is 45.8. The summed E-state index contributed by atoms with van der Waals surface area (Å²) in [6, 6.07) is 14.3. The predicted octanol–water partition coefficient (Wildman–Crippen LogP) is 15.3. The van der Waals surface area contributed by atoms with Gasteiger partial charge in [-0.05, 0) is 137 Å². The van der Waals surface area contributed by atoms with Crippen LogP contribution < -0.4 is 15.4 Å². The van der Waals surface area contributed by atoms with Gasteiger partial charge in [-0.2, -0.15) is 0 Å². The van der Waals surface area contributed by atoms with Gasteiger partial charge in [0.2, 0.25) is 5.91 Å². The average molecular weight is 944 g/mol. The Bertz CT molecular complexity index is 1620. The molecule has 0 aliphatic rings. The largest absolute Gasteiger partial charge is 0.509 e. The molecule has 0 fully saturated rings. The van der Waals surface area contributed by atoms with Crippen LogP contribution in [0.15, 0.2) is 72.5 Å². The number of aliphatic hydroxyl groups excluding tert-OH is 1. The summed E-state index contributed by atoms with van der Waals surface area (Å²) in [6.45, 7) is 43.1. The van der Waals surface area contributed by atoms with Crippen LogP contribution in [0.4, 0.5) is 0 Å². The molecule has 2 aromatic rings. The molecular weight excluding hydrogens is 844 g/mol. The lowest BCUT2D eigenvalue weighted by atomic mass is 9.86. The van der Waals surface area contributed by atoms with Crippen LogP contribution in [0.3, 0.4) is 0 Å². The molecule has 66 heavy (non-hydrogen) atoms. The van der Waals surface area contributed by atoms with E-state index in [0.717, 1.165) is 42.3 Å². The summed E-state index contributed by atoms with van der Waals surface area (Å²) >= 11 is 5.80. The van der Waals surface area contributed by atoms with Gasteiger partial charge >= 0.3 is 5.97 Å². The van der Waals surface area contributed by atoms with E-state index in [0.29, 0.717) is 35.6 Å². The Labute approximate surface area is 411 Å². The lowest BCUT2D eigenvalue weighted by Crippen LogP contribution is -2.47. The first kappa shape index (κ1) is 68.7. The number of benzene rings is 2. The predicted molar refractivity (Wildman–Crippen MR) is 288 cm³/mol. The monoisotopic (exact) mass is 943 g/mol. The second kappa shape index (κ2) is 40.2. The number of likely N-dealkylation sites (N-methyl/N-ethyl adjacent to an activating group) is 1. The van der Waals surface area contributed by atoms with Crippen molar-refractivity contribution in [2.24, 2.45) is 40.9 Å². The maximum Gasteiger partial charge on any atom is 0.314 e. The van der Waals surface area contributed by atoms with Gasteiger partial charge in [-0.25, -0.2) is 0 Å². The Kier molecular flexibility index (Phi) is 41.9. The summed E-state index contributed by atoms with van der Waals surface area (Å²) in [5.41, 5.74) is 4.32. The van der Waals surface area contributed by atoms with E-state index in [1.165, 1.54) is 23.1 Å². The highest BCUT2D eigenvalue weighted by Crippen LogP contribution is 2.26. The molecule has 4 atom stereocenters. The van der Waals surface area contributed by atoms with E-state index in [2.05, 4.69) is 110 Å². The molecule has 0 radical (unpaired) electrons. The molecule has 8 nitrogen and oxygen atoms in total. The lowest BCUT2D eigenvalue weighted by molar-refractivity contribution is -0.159. The number of allylic oxidation sites excluding steroid dienone is 3. The minimum absolute atomic E-state index is 0.152. The molecular formula is C57H99ClN2O6. The number of hydrogen-bond acceptors (Lipinski definition) is 7. The summed E-state index contributed by atoms with van der Waals surface area (Å²) in [5.74, 6) is 3.68. The molecule has 9 heteroatoms. The van der Waals surface area contributed by atoms with Crippen LogP contribution in [0.2, 0.25) is 5.02 Å². The average Bonchev–Trinajstić information content (AvgIpc) is 3.25. The van der Waals surface area contributed by atoms with Gasteiger partial charge in [0.1, 0.15) is 17.8 Å². The number of hydrogen-bond donors (Lipinski definition) is 3. The molecule has 380 valence electrons. The fourth-order valence-corrected chi connectivity index (χ4v) is 6.64. The summed E-state index contributed by atoms with van der Waals surface area (Å²) in [6.07, 6.45) is 10.6. The Balaban J connectivity index is -0.000000410. The standard InChI is InChI=1S/C21H30O.C17H32N2O4.C8H9ClO.C7H16.2C2H6/c1-16(2)14-20-9-11-21(12-10-20)15-18(4)19(5)17(3)8-6-7-13-22;1-8-13(18-7)15(21)19-10-17(5,6)16(22)23-14(12(4)20)9-11(2)3;1-6-3-4-8(10-2)7(9)5-6;1-6(2)5-7(3)4;2*1-2/h6-7,9-13,15-17,19H,8,14H2,1-5H3;11,13-14,18,20H,4,8-10H2,1-3,5-7H3,(H,19,21);3-5H,1-2H3;6-7H,5H2,1-4H3;2*1-2H3/b7-6+,18-15+;;;;;. The maximum absolute atomic E-state index is 12.3. The molecule has 0 heterocycles. The van der Waals surface area contributed by atoms with Gasteiger partial charge in [0.15, 0.2) is 6.10 Å². The van der Waals surface area contributed by atoms with Gasteiger partial charge in [0.05, 0.1) is 23.6 Å². The van der Waals surface area contributed by atoms with Gasteiger partial charge in [-0.1, -0.05) is 170 Å². The normalized spacial score (nSPS) is 12.8. The quantitative estimate of drug-likeness (QED) is 0.0494. The number of methoxy groups -OCH3 is 1. The number of halogens is 1. The molecule has 2 rings (SSSR count). The number of aryl methyl sites for hydroxylation is 1. The van der Waals surface area contributed by atoms with Crippen LogP contribution in [-0.4, -0.2) is 56.1 Å². The Morgan fingerprint density at radius 1 is 0.864 bits per heavy atom. The molecule has 0 aliphatic heterocycles. The van der Waals surface area contributed by atoms with Crippen molar-refractivity contribution in [3.63, 3.8) is 0 Å². The number of carbonyl (C=O) groups excluding carboxylic acids is 3.